The largest absolute Gasteiger partial charge is 0.494 e. The van der Waals surface area contributed by atoms with Crippen LogP contribution >= 0.6 is 0 Å². The number of aromatic nitrogens is 2. The lowest BCUT2D eigenvalue weighted by Gasteiger charge is -2.11. The fourth-order valence-electron chi connectivity index (χ4n) is 2.66. The summed E-state index contributed by atoms with van der Waals surface area (Å²) in [7, 11) is 1.93. The Balaban J connectivity index is 2.12. The van der Waals surface area contributed by atoms with E-state index in [-0.39, 0.29) is 5.82 Å². The molecule has 0 spiro atoms. The van der Waals surface area contributed by atoms with Gasteiger partial charge in [-0.15, -0.1) is 0 Å². The van der Waals surface area contributed by atoms with Crippen molar-refractivity contribution in [1.29, 1.82) is 5.26 Å². The molecule has 0 saturated heterocycles. The molecule has 2 N–H and O–H groups in total. The van der Waals surface area contributed by atoms with Crippen molar-refractivity contribution >= 4 is 5.82 Å². The van der Waals surface area contributed by atoms with Gasteiger partial charge in [0.25, 0.3) is 0 Å². The first-order valence-electron chi connectivity index (χ1n) is 7.69. The van der Waals surface area contributed by atoms with Crippen molar-refractivity contribution in [2.24, 2.45) is 7.05 Å². The summed E-state index contributed by atoms with van der Waals surface area (Å²) >= 11 is 0. The monoisotopic (exact) mass is 318 g/mol. The third-order valence-corrected chi connectivity index (χ3v) is 3.84. The molecule has 0 unspecified atom stereocenters. The van der Waals surface area contributed by atoms with E-state index in [2.05, 4.69) is 11.1 Å². The van der Waals surface area contributed by atoms with Gasteiger partial charge in [-0.2, -0.15) is 5.26 Å². The maximum Gasteiger partial charge on any atom is 0.142 e. The minimum absolute atomic E-state index is 0.236. The Morgan fingerprint density at radius 3 is 2.58 bits per heavy atom. The lowest BCUT2D eigenvalue weighted by Crippen LogP contribution is -2.01. The van der Waals surface area contributed by atoms with E-state index in [0.717, 1.165) is 28.3 Å². The molecule has 0 radical (unpaired) electrons. The number of nitrogens with zero attached hydrogens (tertiary/aromatic N) is 3. The number of ether oxygens (including phenoxy) is 1. The SMILES string of the molecule is CCOc1ccc(-c2cc(-c3cccn3C)c(C#N)c(N)n2)cc1. The van der Waals surface area contributed by atoms with Crippen LogP contribution in [0, 0.1) is 11.3 Å². The maximum absolute atomic E-state index is 9.45. The number of nitrogen functional groups attached to an aromatic ring is 1. The summed E-state index contributed by atoms with van der Waals surface area (Å²) in [4.78, 5) is 4.40. The molecule has 0 aliphatic heterocycles. The number of anilines is 1. The van der Waals surface area contributed by atoms with Gasteiger partial charge in [0, 0.05) is 30.1 Å². The zero-order valence-electron chi connectivity index (χ0n) is 13.7. The van der Waals surface area contributed by atoms with E-state index in [1.165, 1.54) is 0 Å². The van der Waals surface area contributed by atoms with Crippen molar-refractivity contribution in [2.45, 2.75) is 6.92 Å². The molecule has 0 aliphatic rings. The van der Waals surface area contributed by atoms with Crippen molar-refractivity contribution in [3.05, 3.63) is 54.2 Å². The number of hydrogen-bond acceptors (Lipinski definition) is 4. The minimum Gasteiger partial charge on any atom is -0.494 e. The molecule has 24 heavy (non-hydrogen) atoms. The average Bonchev–Trinajstić information content (AvgIpc) is 3.01. The zero-order valence-corrected chi connectivity index (χ0v) is 13.7. The summed E-state index contributed by atoms with van der Waals surface area (Å²) in [6.07, 6.45) is 1.93. The van der Waals surface area contributed by atoms with Crippen molar-refractivity contribution < 1.29 is 4.74 Å². The lowest BCUT2D eigenvalue weighted by molar-refractivity contribution is 0.340. The number of nitrogens with two attached hydrogens (primary N) is 1. The van der Waals surface area contributed by atoms with Gasteiger partial charge >= 0.3 is 0 Å². The maximum atomic E-state index is 9.45. The molecular formula is C19H18N4O. The van der Waals surface area contributed by atoms with Crippen LogP contribution < -0.4 is 10.5 Å². The normalized spacial score (nSPS) is 10.4. The Bertz CT molecular complexity index is 904. The van der Waals surface area contributed by atoms with Gasteiger partial charge < -0.3 is 15.0 Å². The fraction of sp³-hybridized carbons (Fsp3) is 0.158. The number of nitriles is 1. The highest BCUT2D eigenvalue weighted by atomic mass is 16.5. The molecule has 3 rings (SSSR count). The molecule has 0 bridgehead atoms. The van der Waals surface area contributed by atoms with Crippen molar-refractivity contribution in [2.75, 3.05) is 12.3 Å². The van der Waals surface area contributed by atoms with E-state index in [1.54, 1.807) is 0 Å². The van der Waals surface area contributed by atoms with Gasteiger partial charge in [0.05, 0.1) is 12.3 Å². The van der Waals surface area contributed by atoms with Gasteiger partial charge in [0.2, 0.25) is 0 Å². The topological polar surface area (TPSA) is 76.9 Å². The van der Waals surface area contributed by atoms with E-state index >= 15 is 0 Å². The fourth-order valence-corrected chi connectivity index (χ4v) is 2.66. The minimum atomic E-state index is 0.236. The second kappa shape index (κ2) is 6.47. The first kappa shape index (κ1) is 15.6. The lowest BCUT2D eigenvalue weighted by atomic mass is 10.0. The molecule has 0 amide bonds. The van der Waals surface area contributed by atoms with Gasteiger partial charge in [0.15, 0.2) is 0 Å². The van der Waals surface area contributed by atoms with Crippen LogP contribution in [0.15, 0.2) is 48.7 Å². The van der Waals surface area contributed by atoms with Crippen LogP contribution in [0.1, 0.15) is 12.5 Å². The number of rotatable bonds is 4. The molecule has 2 aromatic heterocycles. The molecular weight excluding hydrogens is 300 g/mol. The molecule has 0 aliphatic carbocycles. The van der Waals surface area contributed by atoms with Crippen LogP contribution in [0.4, 0.5) is 5.82 Å². The Kier molecular flexibility index (Phi) is 4.21. The standard InChI is InChI=1S/C19H18N4O/c1-3-24-14-8-6-13(7-9-14)17-11-15(16(12-20)19(21)22-17)18-5-4-10-23(18)2/h4-11H,3H2,1-2H3,(H2,21,22). The molecule has 0 fully saturated rings. The summed E-state index contributed by atoms with van der Waals surface area (Å²) in [6, 6.07) is 15.6. The van der Waals surface area contributed by atoms with Crippen molar-refractivity contribution in [3.63, 3.8) is 0 Å². The third-order valence-electron chi connectivity index (χ3n) is 3.84. The van der Waals surface area contributed by atoms with Gasteiger partial charge in [-0.05, 0) is 49.4 Å². The molecule has 5 nitrogen and oxygen atoms in total. The van der Waals surface area contributed by atoms with Gasteiger partial charge in [-0.25, -0.2) is 4.98 Å². The van der Waals surface area contributed by atoms with Crippen LogP contribution in [-0.2, 0) is 7.05 Å². The quantitative estimate of drug-likeness (QED) is 0.797. The zero-order chi connectivity index (χ0) is 17.1. The predicted molar refractivity (Wildman–Crippen MR) is 94.4 cm³/mol. The highest BCUT2D eigenvalue weighted by Crippen LogP contribution is 2.31. The Labute approximate surface area is 140 Å². The Hall–Kier alpha value is -3.26. The predicted octanol–water partition coefficient (Wildman–Crippen LogP) is 3.61. The van der Waals surface area contributed by atoms with Gasteiger partial charge in [-0.1, -0.05) is 0 Å². The van der Waals surface area contributed by atoms with Crippen LogP contribution in [0.5, 0.6) is 5.75 Å². The molecule has 120 valence electrons. The average molecular weight is 318 g/mol. The molecule has 3 aromatic rings. The highest BCUT2D eigenvalue weighted by molar-refractivity contribution is 5.79. The Morgan fingerprint density at radius 1 is 1.25 bits per heavy atom. The summed E-state index contributed by atoms with van der Waals surface area (Å²) in [6.45, 7) is 2.57. The summed E-state index contributed by atoms with van der Waals surface area (Å²) in [5.41, 5.74) is 9.78. The van der Waals surface area contributed by atoms with E-state index < -0.39 is 0 Å². The van der Waals surface area contributed by atoms with Crippen LogP contribution in [-0.4, -0.2) is 16.2 Å². The summed E-state index contributed by atoms with van der Waals surface area (Å²) < 4.78 is 7.42. The summed E-state index contributed by atoms with van der Waals surface area (Å²) in [5, 5.41) is 9.45. The smallest absolute Gasteiger partial charge is 0.142 e. The van der Waals surface area contributed by atoms with Crippen molar-refractivity contribution in [3.8, 4) is 34.3 Å². The molecule has 0 atom stereocenters. The van der Waals surface area contributed by atoms with E-state index in [0.29, 0.717) is 12.2 Å². The summed E-state index contributed by atoms with van der Waals surface area (Å²) in [5.74, 6) is 1.05. The second-order valence-corrected chi connectivity index (χ2v) is 5.39. The van der Waals surface area contributed by atoms with Crippen molar-refractivity contribution in [1.82, 2.24) is 9.55 Å². The van der Waals surface area contributed by atoms with Crippen LogP contribution in [0.2, 0.25) is 0 Å². The Morgan fingerprint density at radius 2 is 2.00 bits per heavy atom. The number of aryl methyl sites for hydroxylation is 1. The number of pyridine rings is 1. The second-order valence-electron chi connectivity index (χ2n) is 5.39. The van der Waals surface area contributed by atoms with Gasteiger partial charge in [-0.3, -0.25) is 0 Å². The molecule has 5 heteroatoms. The first-order chi connectivity index (χ1) is 11.6. The van der Waals surface area contributed by atoms with E-state index in [4.69, 9.17) is 10.5 Å². The number of benzene rings is 1. The van der Waals surface area contributed by atoms with Crippen LogP contribution in [0.3, 0.4) is 0 Å². The van der Waals surface area contributed by atoms with E-state index in [1.807, 2.05) is 67.2 Å². The van der Waals surface area contributed by atoms with Gasteiger partial charge in [0.1, 0.15) is 23.2 Å². The molecule has 0 saturated carbocycles. The third kappa shape index (κ3) is 2.82. The molecule has 2 heterocycles. The van der Waals surface area contributed by atoms with Crippen LogP contribution in [0.25, 0.3) is 22.5 Å². The number of hydrogen-bond donors (Lipinski definition) is 1. The first-order valence-corrected chi connectivity index (χ1v) is 7.69. The highest BCUT2D eigenvalue weighted by Gasteiger charge is 2.15. The molecule has 1 aromatic carbocycles. The van der Waals surface area contributed by atoms with E-state index in [9.17, 15) is 5.26 Å².